The minimum absolute atomic E-state index is 0. The zero-order chi connectivity index (χ0) is 49.4. The van der Waals surface area contributed by atoms with Gasteiger partial charge in [-0.1, -0.05) is 13.8 Å². The molecule has 0 aliphatic carbocycles. The first-order valence-corrected chi connectivity index (χ1v) is 22.0. The van der Waals surface area contributed by atoms with Crippen LogP contribution in [0.4, 0.5) is 0 Å². The Kier molecular flexibility index (Phi) is 42.2. The summed E-state index contributed by atoms with van der Waals surface area (Å²) in [7, 11) is 0. The quantitative estimate of drug-likeness (QED) is 0.177. The molecule has 0 bridgehead atoms. The Hall–Kier alpha value is -2.72. The lowest BCUT2D eigenvalue weighted by atomic mass is 10.2. The van der Waals surface area contributed by atoms with Crippen molar-refractivity contribution < 1.29 is 113 Å². The Morgan fingerprint density at radius 2 is 0.600 bits per heavy atom. The highest BCUT2D eigenvalue weighted by Gasteiger charge is 2.37. The summed E-state index contributed by atoms with van der Waals surface area (Å²) in [6, 6.07) is 0. The van der Waals surface area contributed by atoms with Crippen LogP contribution >= 0.6 is 0 Å². The van der Waals surface area contributed by atoms with E-state index in [2.05, 4.69) is 13.8 Å². The number of carboxylic acid groups (broad SMARTS) is 4. The number of carbonyl (C=O) groups is 4. The Morgan fingerprint density at radius 1 is 0.415 bits per heavy atom. The molecule has 23 nitrogen and oxygen atoms in total. The molecule has 10 atom stereocenters. The highest BCUT2D eigenvalue weighted by molar-refractivity contribution is 5.84. The molecule has 2 fully saturated rings. The molecule has 0 aromatic heterocycles. The number of carboxylic acids is 4. The molecule has 386 valence electrons. The Balaban J connectivity index is -0.000000957. The summed E-state index contributed by atoms with van der Waals surface area (Å²) in [5.74, 6) is -6.17. The van der Waals surface area contributed by atoms with Gasteiger partial charge < -0.3 is 92.2 Å². The van der Waals surface area contributed by atoms with Crippen LogP contribution in [0, 0.1) is 0 Å². The van der Waals surface area contributed by atoms with Gasteiger partial charge in [-0.3, -0.25) is 0 Å². The molecule has 0 unspecified atom stereocenters. The molecule has 0 amide bonds. The number of aliphatic hydroxyl groups is 2. The zero-order valence-electron chi connectivity index (χ0n) is 40.5. The first kappa shape index (κ1) is 64.4. The van der Waals surface area contributed by atoms with Crippen LogP contribution in [-0.4, -0.2) is 234 Å². The van der Waals surface area contributed by atoms with Crippen LogP contribution in [0.15, 0.2) is 0 Å². The maximum absolute atomic E-state index is 11.3. The van der Waals surface area contributed by atoms with Crippen molar-refractivity contribution in [2.75, 3.05) is 119 Å². The van der Waals surface area contributed by atoms with E-state index < -0.39 is 60.5 Å². The molecule has 2 aliphatic rings. The molecular formula is C42H81O23+. The fourth-order valence-corrected chi connectivity index (χ4v) is 4.60. The summed E-state index contributed by atoms with van der Waals surface area (Å²) in [5, 5.41) is 53.5. The van der Waals surface area contributed by atoms with E-state index >= 15 is 0 Å². The molecule has 0 spiro atoms. The van der Waals surface area contributed by atoms with Gasteiger partial charge in [-0.2, -0.15) is 0 Å². The van der Waals surface area contributed by atoms with Crippen molar-refractivity contribution >= 4 is 23.9 Å². The molecule has 2 heterocycles. The molecule has 6 N–H and O–H groups in total. The van der Waals surface area contributed by atoms with Gasteiger partial charge in [0.2, 0.25) is 0 Å². The fourth-order valence-electron chi connectivity index (χ4n) is 4.60. The second kappa shape index (κ2) is 42.6. The predicted octanol–water partition coefficient (Wildman–Crippen LogP) is 1.25. The number of hydrogen-bond donors (Lipinski definition) is 6. The van der Waals surface area contributed by atoms with Crippen molar-refractivity contribution in [3.05, 3.63) is 0 Å². The Labute approximate surface area is 384 Å². The van der Waals surface area contributed by atoms with Gasteiger partial charge in [0.15, 0.2) is 24.4 Å². The lowest BCUT2D eigenvalue weighted by Gasteiger charge is -2.23. The SMILES string of the molecule is CCCOCCC.C[C@@H](O)[C@@H](C)O.C[C@H]1OCCOCCO[C@H](C)[C@@H](C)OCCOCCO[C@@H]1C.O=C(O)[C@H]1OCCOCCO[C@H](C(=O)O)[C@@H](C(=O)O)OCCOCCO[C@@H]1C(=O)O.[H+]. The van der Waals surface area contributed by atoms with Gasteiger partial charge in [0.1, 0.15) is 0 Å². The average Bonchev–Trinajstić information content (AvgIpc) is 3.25. The Morgan fingerprint density at radius 3 is 0.754 bits per heavy atom. The van der Waals surface area contributed by atoms with Crippen LogP contribution in [0.2, 0.25) is 0 Å². The molecule has 2 aliphatic heterocycles. The van der Waals surface area contributed by atoms with E-state index in [9.17, 15) is 39.6 Å². The molecule has 65 heavy (non-hydrogen) atoms. The molecule has 2 saturated heterocycles. The molecular weight excluding hydrogens is 872 g/mol. The monoisotopic (exact) mass is 954 g/mol. The van der Waals surface area contributed by atoms with Gasteiger partial charge in [-0.05, 0) is 54.4 Å². The highest BCUT2D eigenvalue weighted by atomic mass is 16.6. The predicted molar refractivity (Wildman–Crippen MR) is 230 cm³/mol. The maximum atomic E-state index is 11.3. The third kappa shape index (κ3) is 36.1. The van der Waals surface area contributed by atoms with Crippen LogP contribution in [0.25, 0.3) is 0 Å². The van der Waals surface area contributed by atoms with E-state index in [0.717, 1.165) is 26.1 Å². The standard InChI is InChI=1S/C16H24O14.C16H32O6.C6H14O.C4H10O2/c17-13(18)9-10(14(19)20)29-7-3-26-4-8-30-12(16(23)24)11(15(21)22)28-6-2-25-1-5-27-9;1-13-14(2)20-10-6-18-8-12-22-16(4)15(3)21-11-7-17-5-9-19-13;1-3-5-7-6-4-2;1-3(5)4(2)6/h9-12H,1-8H2,(H,17,18)(H,19,20)(H,21,22)(H,23,24);13-16H,5-12H2,1-4H3;3-6H2,1-2H3;3-6H,1-2H3/p+1/t9-,10-,11-,12-;13-,14-,15-,16-;;3-,4-/m01.1/s1. The number of aliphatic carboxylic acids is 4. The van der Waals surface area contributed by atoms with Crippen LogP contribution in [-0.2, 0) is 80.8 Å². The average molecular weight is 954 g/mol. The summed E-state index contributed by atoms with van der Waals surface area (Å²) in [4.78, 5) is 45.2. The normalized spacial score (nSPS) is 28.0. The molecule has 2 rings (SSSR count). The van der Waals surface area contributed by atoms with Crippen molar-refractivity contribution in [1.29, 1.82) is 0 Å². The fraction of sp³-hybridized carbons (Fsp3) is 0.905. The van der Waals surface area contributed by atoms with E-state index in [1.165, 1.54) is 0 Å². The third-order valence-corrected chi connectivity index (χ3v) is 8.77. The first-order chi connectivity index (χ1) is 30.9. The second-order valence-corrected chi connectivity index (χ2v) is 14.4. The van der Waals surface area contributed by atoms with E-state index in [1.807, 2.05) is 27.7 Å². The van der Waals surface area contributed by atoms with Crippen LogP contribution in [0.5, 0.6) is 0 Å². The van der Waals surface area contributed by atoms with Gasteiger partial charge in [-0.15, -0.1) is 0 Å². The number of hydrogen-bond acceptors (Lipinski definition) is 19. The van der Waals surface area contributed by atoms with Gasteiger partial charge in [0.25, 0.3) is 0 Å². The van der Waals surface area contributed by atoms with Crippen molar-refractivity contribution in [1.82, 2.24) is 0 Å². The van der Waals surface area contributed by atoms with E-state index in [0.29, 0.717) is 52.9 Å². The summed E-state index contributed by atoms with van der Waals surface area (Å²) >= 11 is 0. The smallest absolute Gasteiger partial charge is 0.479 e. The van der Waals surface area contributed by atoms with Gasteiger partial charge in [0.05, 0.1) is 142 Å². The highest BCUT2D eigenvalue weighted by Crippen LogP contribution is 2.10. The van der Waals surface area contributed by atoms with Crippen molar-refractivity contribution in [2.45, 2.75) is 129 Å². The summed E-state index contributed by atoms with van der Waals surface area (Å²) in [6.07, 6.45) is -5.96. The zero-order valence-corrected chi connectivity index (χ0v) is 39.5. The maximum Gasteiger partial charge on any atom is 1.00 e. The molecule has 0 aromatic carbocycles. The largest absolute Gasteiger partial charge is 1.00 e. The summed E-state index contributed by atoms with van der Waals surface area (Å²) < 4.78 is 69.2. The number of rotatable bonds is 9. The Bertz CT molecular complexity index is 1010. The topological polar surface area (TPSA) is 310 Å². The molecule has 0 saturated carbocycles. The van der Waals surface area contributed by atoms with Crippen molar-refractivity contribution in [2.24, 2.45) is 0 Å². The lowest BCUT2D eigenvalue weighted by Crippen LogP contribution is -2.45. The van der Waals surface area contributed by atoms with Crippen LogP contribution in [0.1, 0.15) is 69.7 Å². The van der Waals surface area contributed by atoms with Gasteiger partial charge in [-0.25, -0.2) is 19.2 Å². The van der Waals surface area contributed by atoms with E-state index in [1.54, 1.807) is 13.8 Å². The van der Waals surface area contributed by atoms with Crippen molar-refractivity contribution in [3.63, 3.8) is 0 Å². The van der Waals surface area contributed by atoms with Gasteiger partial charge >= 0.3 is 25.3 Å². The van der Waals surface area contributed by atoms with Crippen LogP contribution < -0.4 is 0 Å². The minimum Gasteiger partial charge on any atom is -0.479 e. The summed E-state index contributed by atoms with van der Waals surface area (Å²) in [6.45, 7) is 19.8. The van der Waals surface area contributed by atoms with E-state index in [-0.39, 0.29) is 78.7 Å². The van der Waals surface area contributed by atoms with Gasteiger partial charge in [0, 0.05) is 13.2 Å². The third-order valence-electron chi connectivity index (χ3n) is 8.77. The molecule has 23 heteroatoms. The second-order valence-electron chi connectivity index (χ2n) is 14.4. The van der Waals surface area contributed by atoms with E-state index in [4.69, 9.17) is 71.8 Å². The van der Waals surface area contributed by atoms with Crippen molar-refractivity contribution in [3.8, 4) is 0 Å². The molecule has 0 aromatic rings. The first-order valence-electron chi connectivity index (χ1n) is 22.0. The minimum atomic E-state index is -1.79. The van der Waals surface area contributed by atoms with Crippen LogP contribution in [0.3, 0.4) is 0 Å². The molecule has 0 radical (unpaired) electrons. The lowest BCUT2D eigenvalue weighted by molar-refractivity contribution is -0.183. The number of ether oxygens (including phenoxy) is 13. The number of aliphatic hydroxyl groups excluding tert-OH is 2. The summed E-state index contributed by atoms with van der Waals surface area (Å²) in [5.41, 5.74) is 0.